The van der Waals surface area contributed by atoms with E-state index in [-0.39, 0.29) is 24.0 Å². The number of benzene rings is 1. The maximum atomic E-state index is 4.29. The second-order valence-electron chi connectivity index (χ2n) is 6.56. The number of aliphatic imine (C=N–C) groups is 1. The van der Waals surface area contributed by atoms with Crippen molar-refractivity contribution in [2.75, 3.05) is 46.3 Å². The van der Waals surface area contributed by atoms with Crippen LogP contribution in [0, 0.1) is 0 Å². The third-order valence-electron chi connectivity index (χ3n) is 4.65. The second-order valence-corrected chi connectivity index (χ2v) is 6.56. The molecule has 1 aromatic rings. The number of nitrogens with one attached hydrogen (secondary N) is 2. The first-order valence-electron chi connectivity index (χ1n) is 9.17. The molecular formula is C19H34IN5. The molecule has 1 fully saturated rings. The first-order chi connectivity index (χ1) is 11.7. The number of hydrogen-bond donors (Lipinski definition) is 2. The first kappa shape index (κ1) is 22.2. The molecule has 0 spiro atoms. The lowest BCUT2D eigenvalue weighted by atomic mass is 10.2. The molecule has 0 amide bonds. The molecule has 5 nitrogen and oxygen atoms in total. The Hall–Kier alpha value is -0.860. The van der Waals surface area contributed by atoms with Gasteiger partial charge in [0.2, 0.25) is 0 Å². The molecule has 0 radical (unpaired) electrons. The van der Waals surface area contributed by atoms with Gasteiger partial charge in [-0.15, -0.1) is 24.0 Å². The highest BCUT2D eigenvalue weighted by Gasteiger charge is 2.16. The van der Waals surface area contributed by atoms with Crippen LogP contribution in [0.4, 0.5) is 0 Å². The molecule has 1 unspecified atom stereocenters. The van der Waals surface area contributed by atoms with Crippen molar-refractivity contribution >= 4 is 29.9 Å². The number of nitrogens with zero attached hydrogens (tertiary/aromatic N) is 3. The van der Waals surface area contributed by atoms with E-state index in [1.165, 1.54) is 5.56 Å². The molecule has 1 atom stereocenters. The predicted octanol–water partition coefficient (Wildman–Crippen LogP) is 2.39. The van der Waals surface area contributed by atoms with Crippen molar-refractivity contribution in [3.8, 4) is 0 Å². The first-order valence-corrected chi connectivity index (χ1v) is 9.17. The molecule has 1 heterocycles. The summed E-state index contributed by atoms with van der Waals surface area (Å²) in [6.45, 7) is 12.0. The fourth-order valence-corrected chi connectivity index (χ4v) is 2.88. The van der Waals surface area contributed by atoms with Gasteiger partial charge >= 0.3 is 0 Å². The summed E-state index contributed by atoms with van der Waals surface area (Å²) in [6.07, 6.45) is 1.10. The van der Waals surface area contributed by atoms with Crippen LogP contribution in [0.3, 0.4) is 0 Å². The molecule has 0 bridgehead atoms. The van der Waals surface area contributed by atoms with Gasteiger partial charge in [0.1, 0.15) is 0 Å². The van der Waals surface area contributed by atoms with Crippen LogP contribution in [-0.4, -0.2) is 68.1 Å². The number of piperazine rings is 1. The Bertz CT molecular complexity index is 486. The Morgan fingerprint density at radius 2 is 1.76 bits per heavy atom. The molecule has 0 aromatic heterocycles. The van der Waals surface area contributed by atoms with Crippen LogP contribution in [0.1, 0.15) is 25.8 Å². The van der Waals surface area contributed by atoms with Crippen LogP contribution >= 0.6 is 24.0 Å². The molecule has 0 aliphatic carbocycles. The number of rotatable bonds is 7. The van der Waals surface area contributed by atoms with Gasteiger partial charge in [-0.2, -0.15) is 0 Å². The van der Waals surface area contributed by atoms with Crippen LogP contribution in [0.15, 0.2) is 35.3 Å². The summed E-state index contributed by atoms with van der Waals surface area (Å²) < 4.78 is 0. The largest absolute Gasteiger partial charge is 0.355 e. The fraction of sp³-hybridized carbons (Fsp3) is 0.632. The molecule has 2 N–H and O–H groups in total. The van der Waals surface area contributed by atoms with Gasteiger partial charge in [0.05, 0.1) is 0 Å². The highest BCUT2D eigenvalue weighted by atomic mass is 127. The second kappa shape index (κ2) is 12.5. The van der Waals surface area contributed by atoms with Crippen molar-refractivity contribution in [2.24, 2.45) is 4.99 Å². The number of guanidine groups is 1. The molecular weight excluding hydrogens is 425 g/mol. The number of hydrogen-bond acceptors (Lipinski definition) is 3. The fourth-order valence-electron chi connectivity index (χ4n) is 2.88. The molecule has 142 valence electrons. The number of halogens is 1. The summed E-state index contributed by atoms with van der Waals surface area (Å²) >= 11 is 0. The Kier molecular flexibility index (Phi) is 11.1. The van der Waals surface area contributed by atoms with Gasteiger partial charge in [-0.1, -0.05) is 37.3 Å². The zero-order chi connectivity index (χ0) is 17.2. The van der Waals surface area contributed by atoms with Gasteiger partial charge in [-0.05, 0) is 18.9 Å². The average Bonchev–Trinajstić information content (AvgIpc) is 2.63. The lowest BCUT2D eigenvalue weighted by Gasteiger charge is -2.34. The molecule has 2 rings (SSSR count). The lowest BCUT2D eigenvalue weighted by Crippen LogP contribution is -2.49. The van der Waals surface area contributed by atoms with E-state index in [4.69, 9.17) is 0 Å². The summed E-state index contributed by atoms with van der Waals surface area (Å²) in [5.74, 6) is 0.909. The van der Waals surface area contributed by atoms with E-state index in [0.29, 0.717) is 6.04 Å². The summed E-state index contributed by atoms with van der Waals surface area (Å²) in [5.41, 5.74) is 1.41. The van der Waals surface area contributed by atoms with Gasteiger partial charge in [0.15, 0.2) is 5.96 Å². The minimum absolute atomic E-state index is 0. The quantitative estimate of drug-likeness (QED) is 0.374. The Morgan fingerprint density at radius 1 is 1.12 bits per heavy atom. The molecule has 25 heavy (non-hydrogen) atoms. The highest BCUT2D eigenvalue weighted by Crippen LogP contribution is 2.07. The van der Waals surface area contributed by atoms with Crippen LogP contribution in [0.5, 0.6) is 0 Å². The maximum absolute atomic E-state index is 4.29. The lowest BCUT2D eigenvalue weighted by molar-refractivity contribution is 0.129. The van der Waals surface area contributed by atoms with Crippen molar-refractivity contribution in [2.45, 2.75) is 32.9 Å². The Morgan fingerprint density at radius 3 is 2.36 bits per heavy atom. The molecule has 1 saturated heterocycles. The van der Waals surface area contributed by atoms with E-state index in [9.17, 15) is 0 Å². The van der Waals surface area contributed by atoms with E-state index in [1.54, 1.807) is 0 Å². The van der Waals surface area contributed by atoms with Crippen LogP contribution < -0.4 is 10.6 Å². The summed E-state index contributed by atoms with van der Waals surface area (Å²) in [4.78, 5) is 9.36. The standard InChI is InChI=1S/C19H33N5.HI/c1-4-17(2)22-19(20-3)21-10-11-23-12-14-24(15-13-23)16-18-8-6-5-7-9-18;/h5-9,17H,4,10-16H2,1-3H3,(H2,20,21,22);1H. The third kappa shape index (κ3) is 8.37. The normalized spacial score (nSPS) is 17.6. The molecule has 0 saturated carbocycles. The minimum atomic E-state index is 0. The van der Waals surface area contributed by atoms with Crippen LogP contribution in [0.2, 0.25) is 0 Å². The van der Waals surface area contributed by atoms with Gasteiger partial charge in [-0.25, -0.2) is 0 Å². The van der Waals surface area contributed by atoms with E-state index in [2.05, 4.69) is 69.6 Å². The van der Waals surface area contributed by atoms with Crippen molar-refractivity contribution in [1.82, 2.24) is 20.4 Å². The summed E-state index contributed by atoms with van der Waals surface area (Å²) in [7, 11) is 1.83. The van der Waals surface area contributed by atoms with Crippen LogP contribution in [0.25, 0.3) is 0 Å². The topological polar surface area (TPSA) is 42.9 Å². The summed E-state index contributed by atoms with van der Waals surface area (Å²) in [6, 6.07) is 11.2. The molecule has 1 aromatic carbocycles. The van der Waals surface area contributed by atoms with Crippen molar-refractivity contribution in [3.05, 3.63) is 35.9 Å². The van der Waals surface area contributed by atoms with E-state index < -0.39 is 0 Å². The zero-order valence-electron chi connectivity index (χ0n) is 15.9. The van der Waals surface area contributed by atoms with Crippen molar-refractivity contribution in [3.63, 3.8) is 0 Å². The predicted molar refractivity (Wildman–Crippen MR) is 118 cm³/mol. The minimum Gasteiger partial charge on any atom is -0.355 e. The van der Waals surface area contributed by atoms with E-state index in [0.717, 1.165) is 58.2 Å². The molecule has 1 aliphatic rings. The zero-order valence-corrected chi connectivity index (χ0v) is 18.2. The molecule has 1 aliphatic heterocycles. The smallest absolute Gasteiger partial charge is 0.191 e. The maximum Gasteiger partial charge on any atom is 0.191 e. The van der Waals surface area contributed by atoms with Crippen LogP contribution in [-0.2, 0) is 6.54 Å². The van der Waals surface area contributed by atoms with Gasteiger partial charge in [0.25, 0.3) is 0 Å². The Labute approximate surface area is 170 Å². The average molecular weight is 459 g/mol. The highest BCUT2D eigenvalue weighted by molar-refractivity contribution is 14.0. The Balaban J connectivity index is 0.00000312. The third-order valence-corrected chi connectivity index (χ3v) is 4.65. The monoisotopic (exact) mass is 459 g/mol. The molecule has 6 heteroatoms. The summed E-state index contributed by atoms with van der Waals surface area (Å²) in [5, 5.41) is 6.82. The SMILES string of the molecule is CCC(C)NC(=NC)NCCN1CCN(Cc2ccccc2)CC1.I. The van der Waals surface area contributed by atoms with Crippen molar-refractivity contribution in [1.29, 1.82) is 0 Å². The van der Waals surface area contributed by atoms with Gasteiger partial charge in [0, 0.05) is 58.9 Å². The van der Waals surface area contributed by atoms with Gasteiger partial charge < -0.3 is 10.6 Å². The van der Waals surface area contributed by atoms with Gasteiger partial charge in [-0.3, -0.25) is 14.8 Å². The van der Waals surface area contributed by atoms with E-state index >= 15 is 0 Å². The van der Waals surface area contributed by atoms with Crippen molar-refractivity contribution < 1.29 is 0 Å². The van der Waals surface area contributed by atoms with E-state index in [1.807, 2.05) is 7.05 Å².